The second-order valence-electron chi connectivity index (χ2n) is 5.55. The molecule has 0 aromatic rings. The van der Waals surface area contributed by atoms with Gasteiger partial charge in [-0.3, -0.25) is 9.59 Å². The number of amides is 2. The highest BCUT2D eigenvalue weighted by molar-refractivity contribution is 7.80. The van der Waals surface area contributed by atoms with Crippen LogP contribution in [0, 0.1) is 0 Å². The normalized spacial score (nSPS) is 12.1. The molecule has 0 heterocycles. The minimum Gasteiger partial charge on any atom is -0.366 e. The third kappa shape index (κ3) is 7.55. The number of hydrogen-bond donors (Lipinski definition) is 3. The fourth-order valence-corrected chi connectivity index (χ4v) is 1.23. The number of carbonyl (C=O) groups is 2. The Morgan fingerprint density at radius 1 is 1.17 bits per heavy atom. The summed E-state index contributed by atoms with van der Waals surface area (Å²) < 4.78 is 5.34. The highest BCUT2D eigenvalue weighted by atomic mass is 32.1. The summed E-state index contributed by atoms with van der Waals surface area (Å²) in [5.41, 5.74) is -1.34. The van der Waals surface area contributed by atoms with Crippen LogP contribution in [0.25, 0.3) is 0 Å². The van der Waals surface area contributed by atoms with Crippen LogP contribution in [0.2, 0.25) is 0 Å². The molecule has 0 atom stereocenters. The molecular weight excluding hydrogens is 252 g/mol. The van der Waals surface area contributed by atoms with Crippen molar-refractivity contribution in [3.05, 3.63) is 0 Å². The van der Waals surface area contributed by atoms with Gasteiger partial charge in [-0.05, 0) is 34.6 Å². The highest BCUT2D eigenvalue weighted by Gasteiger charge is 2.29. The molecule has 6 heteroatoms. The van der Waals surface area contributed by atoms with E-state index >= 15 is 0 Å². The average molecular weight is 276 g/mol. The fraction of sp³-hybridized carbons (Fsp3) is 0.833. The van der Waals surface area contributed by atoms with E-state index in [9.17, 15) is 9.59 Å². The second-order valence-corrected chi connectivity index (χ2v) is 6.00. The number of hydrogen-bond acceptors (Lipinski definition) is 4. The van der Waals surface area contributed by atoms with Crippen LogP contribution in [-0.4, -0.2) is 41.9 Å². The Bertz CT molecular complexity index is 298. The van der Waals surface area contributed by atoms with E-state index in [0.717, 1.165) is 0 Å². The Morgan fingerprint density at radius 3 is 2.17 bits per heavy atom. The first-order chi connectivity index (χ1) is 8.08. The molecule has 0 aromatic carbocycles. The first-order valence-electron chi connectivity index (χ1n) is 5.92. The van der Waals surface area contributed by atoms with E-state index in [2.05, 4.69) is 23.3 Å². The van der Waals surface area contributed by atoms with Crippen molar-refractivity contribution in [3.63, 3.8) is 0 Å². The van der Waals surface area contributed by atoms with Crippen molar-refractivity contribution >= 4 is 24.4 Å². The molecule has 0 saturated heterocycles. The molecule has 5 nitrogen and oxygen atoms in total. The van der Waals surface area contributed by atoms with Gasteiger partial charge in [0.2, 0.25) is 11.8 Å². The van der Waals surface area contributed by atoms with Crippen LogP contribution in [-0.2, 0) is 14.3 Å². The van der Waals surface area contributed by atoms with Gasteiger partial charge in [-0.1, -0.05) is 0 Å². The molecule has 0 spiro atoms. The van der Waals surface area contributed by atoms with Crippen molar-refractivity contribution in [2.45, 2.75) is 45.8 Å². The molecule has 0 rings (SSSR count). The molecule has 0 aliphatic heterocycles. The second kappa shape index (κ2) is 6.99. The van der Waals surface area contributed by atoms with E-state index in [1.807, 2.05) is 20.8 Å². The molecule has 18 heavy (non-hydrogen) atoms. The van der Waals surface area contributed by atoms with Crippen molar-refractivity contribution in [1.29, 1.82) is 0 Å². The lowest BCUT2D eigenvalue weighted by Crippen LogP contribution is -2.56. The lowest BCUT2D eigenvalue weighted by molar-refractivity contribution is -0.137. The number of thiol groups is 1. The molecule has 2 N–H and O–H groups in total. The van der Waals surface area contributed by atoms with E-state index in [-0.39, 0.29) is 24.0 Å². The van der Waals surface area contributed by atoms with Crippen molar-refractivity contribution < 1.29 is 14.3 Å². The van der Waals surface area contributed by atoms with E-state index in [1.54, 1.807) is 13.8 Å². The van der Waals surface area contributed by atoms with Crippen LogP contribution in [0.3, 0.4) is 0 Å². The number of nitrogens with one attached hydrogen (secondary N) is 2. The van der Waals surface area contributed by atoms with Gasteiger partial charge in [0, 0.05) is 12.3 Å². The molecular formula is C12H24N2O3S. The van der Waals surface area contributed by atoms with Crippen LogP contribution >= 0.6 is 12.6 Å². The summed E-state index contributed by atoms with van der Waals surface area (Å²) in [6.07, 6.45) is 0. The van der Waals surface area contributed by atoms with Crippen LogP contribution < -0.4 is 10.6 Å². The molecule has 0 bridgehead atoms. The first kappa shape index (κ1) is 17.2. The maximum atomic E-state index is 11.8. The van der Waals surface area contributed by atoms with E-state index < -0.39 is 5.54 Å². The lowest BCUT2D eigenvalue weighted by Gasteiger charge is -2.26. The third-order valence-electron chi connectivity index (χ3n) is 2.05. The lowest BCUT2D eigenvalue weighted by atomic mass is 10.0. The smallest absolute Gasteiger partial charge is 0.246 e. The fourth-order valence-electron chi connectivity index (χ4n) is 1.11. The molecule has 106 valence electrons. The maximum absolute atomic E-state index is 11.8. The van der Waals surface area contributed by atoms with Crippen LogP contribution in [0.4, 0.5) is 0 Å². The third-order valence-corrected chi connectivity index (χ3v) is 2.28. The average Bonchev–Trinajstić information content (AvgIpc) is 2.21. The Balaban J connectivity index is 4.22. The predicted molar refractivity (Wildman–Crippen MR) is 74.8 cm³/mol. The SMILES string of the molecule is CC(C)(C)OCC(=O)NC(C)(C)C(=O)NCCS. The van der Waals surface area contributed by atoms with Gasteiger partial charge in [0.1, 0.15) is 12.1 Å². The van der Waals surface area contributed by atoms with E-state index in [4.69, 9.17) is 4.74 Å². The molecule has 2 amide bonds. The summed E-state index contributed by atoms with van der Waals surface area (Å²) in [6.45, 7) is 9.30. The molecule has 0 saturated carbocycles. The van der Waals surface area contributed by atoms with E-state index in [1.165, 1.54) is 0 Å². The van der Waals surface area contributed by atoms with Crippen LogP contribution in [0.5, 0.6) is 0 Å². The summed E-state index contributed by atoms with van der Waals surface area (Å²) in [7, 11) is 0. The maximum Gasteiger partial charge on any atom is 0.246 e. The minimum absolute atomic E-state index is 0.0627. The van der Waals surface area contributed by atoms with Gasteiger partial charge in [-0.15, -0.1) is 0 Å². The molecule has 0 aliphatic rings. The summed E-state index contributed by atoms with van der Waals surface area (Å²) in [5, 5.41) is 5.32. The summed E-state index contributed by atoms with van der Waals surface area (Å²) >= 11 is 4.00. The molecule has 0 aliphatic carbocycles. The monoisotopic (exact) mass is 276 g/mol. The zero-order valence-electron chi connectivity index (χ0n) is 11.8. The number of rotatable bonds is 6. The predicted octanol–water partition coefficient (Wildman–Crippen LogP) is 0.742. The molecule has 0 aromatic heterocycles. The Hall–Kier alpha value is -0.750. The van der Waals surface area contributed by atoms with Gasteiger partial charge in [0.05, 0.1) is 5.60 Å². The van der Waals surface area contributed by atoms with Gasteiger partial charge >= 0.3 is 0 Å². The van der Waals surface area contributed by atoms with Gasteiger partial charge in [-0.2, -0.15) is 12.6 Å². The zero-order chi connectivity index (χ0) is 14.4. The summed E-state index contributed by atoms with van der Waals surface area (Å²) in [4.78, 5) is 23.4. The molecule has 0 radical (unpaired) electrons. The van der Waals surface area contributed by atoms with Gasteiger partial charge in [-0.25, -0.2) is 0 Å². The van der Waals surface area contributed by atoms with Gasteiger partial charge < -0.3 is 15.4 Å². The van der Waals surface area contributed by atoms with Crippen molar-refractivity contribution in [2.75, 3.05) is 18.9 Å². The molecule has 0 unspecified atom stereocenters. The first-order valence-corrected chi connectivity index (χ1v) is 6.56. The van der Waals surface area contributed by atoms with Gasteiger partial charge in [0.25, 0.3) is 0 Å². The molecule has 0 fully saturated rings. The summed E-state index contributed by atoms with van der Waals surface area (Å²) in [5.74, 6) is 0.0136. The summed E-state index contributed by atoms with van der Waals surface area (Å²) in [6, 6.07) is 0. The topological polar surface area (TPSA) is 67.4 Å². The zero-order valence-corrected chi connectivity index (χ0v) is 12.7. The van der Waals surface area contributed by atoms with Crippen LogP contribution in [0.1, 0.15) is 34.6 Å². The van der Waals surface area contributed by atoms with Crippen molar-refractivity contribution in [3.8, 4) is 0 Å². The van der Waals surface area contributed by atoms with Crippen molar-refractivity contribution in [2.24, 2.45) is 0 Å². The minimum atomic E-state index is -0.957. The largest absolute Gasteiger partial charge is 0.366 e. The van der Waals surface area contributed by atoms with Crippen LogP contribution in [0.15, 0.2) is 0 Å². The highest BCUT2D eigenvalue weighted by Crippen LogP contribution is 2.07. The van der Waals surface area contributed by atoms with E-state index in [0.29, 0.717) is 12.3 Å². The number of ether oxygens (including phenoxy) is 1. The Labute approximate surface area is 114 Å². The Kier molecular flexibility index (Phi) is 6.70. The quantitative estimate of drug-likeness (QED) is 0.627. The standard InChI is InChI=1S/C12H24N2O3S/c1-11(2,3)17-8-9(15)14-12(4,5)10(16)13-6-7-18/h18H,6-8H2,1-5H3,(H,13,16)(H,14,15). The number of carbonyl (C=O) groups excluding carboxylic acids is 2. The van der Waals surface area contributed by atoms with Crippen molar-refractivity contribution in [1.82, 2.24) is 10.6 Å². The Morgan fingerprint density at radius 2 is 1.72 bits per heavy atom. The van der Waals surface area contributed by atoms with Gasteiger partial charge in [0.15, 0.2) is 0 Å².